The maximum atomic E-state index is 9.66. The van der Waals surface area contributed by atoms with E-state index in [9.17, 15) is 5.11 Å². The minimum absolute atomic E-state index is 0.289. The number of hydrogen-bond donors (Lipinski definition) is 2. The molecule has 0 saturated carbocycles. The summed E-state index contributed by atoms with van der Waals surface area (Å²) in [6.07, 6.45) is 24.2. The molecule has 0 fully saturated rings. The molecule has 2 atom stereocenters. The van der Waals surface area contributed by atoms with E-state index in [4.69, 9.17) is 0 Å². The van der Waals surface area contributed by atoms with Crippen LogP contribution in [0.3, 0.4) is 0 Å². The van der Waals surface area contributed by atoms with Crippen LogP contribution < -0.4 is 5.32 Å². The Hall–Kier alpha value is -0.960. The van der Waals surface area contributed by atoms with Gasteiger partial charge in [0.1, 0.15) is 12.4 Å². The first-order chi connectivity index (χ1) is 11.3. The van der Waals surface area contributed by atoms with Crippen molar-refractivity contribution in [2.45, 2.75) is 103 Å². The summed E-state index contributed by atoms with van der Waals surface area (Å²) in [5.41, 5.74) is 0. The molecular weight excluding hydrogens is 284 g/mol. The van der Waals surface area contributed by atoms with Gasteiger partial charge in [0.05, 0.1) is 0 Å². The molecular formula is C20H38N2O. The van der Waals surface area contributed by atoms with Crippen LogP contribution in [-0.4, -0.2) is 22.4 Å². The molecule has 0 amide bonds. The maximum Gasteiger partial charge on any atom is 0.125 e. The molecule has 0 aromatic heterocycles. The highest BCUT2D eigenvalue weighted by molar-refractivity contribution is 4.94. The largest absolute Gasteiger partial charge is 0.374 e. The van der Waals surface area contributed by atoms with Crippen LogP contribution in [0.25, 0.3) is 0 Å². The van der Waals surface area contributed by atoms with Gasteiger partial charge in [-0.25, -0.2) is 0 Å². The lowest BCUT2D eigenvalue weighted by Gasteiger charge is -2.28. The number of nitrogens with one attached hydrogen (secondary N) is 1. The molecule has 0 bridgehead atoms. The van der Waals surface area contributed by atoms with Crippen LogP contribution in [0.4, 0.5) is 0 Å². The molecule has 1 rings (SSSR count). The fraction of sp³-hybridized carbons (Fsp3) is 0.800. The van der Waals surface area contributed by atoms with Crippen LogP contribution in [0, 0.1) is 0 Å². The van der Waals surface area contributed by atoms with E-state index in [0.29, 0.717) is 0 Å². The first-order valence-electron chi connectivity index (χ1n) is 9.79. The average molecular weight is 323 g/mol. The van der Waals surface area contributed by atoms with Crippen molar-refractivity contribution in [1.82, 2.24) is 10.2 Å². The van der Waals surface area contributed by atoms with Gasteiger partial charge >= 0.3 is 0 Å². The summed E-state index contributed by atoms with van der Waals surface area (Å²) in [7, 11) is 0. The number of rotatable bonds is 14. The number of unbranched alkanes of at least 4 members (excludes halogenated alkanes) is 9. The van der Waals surface area contributed by atoms with Gasteiger partial charge in [-0.2, -0.15) is 0 Å². The SMILES string of the molecule is CC/C=C/CCCCCCCCCCCC1NC=CN1C(C)O. The first-order valence-corrected chi connectivity index (χ1v) is 9.79. The van der Waals surface area contributed by atoms with Crippen molar-refractivity contribution in [2.24, 2.45) is 0 Å². The summed E-state index contributed by atoms with van der Waals surface area (Å²) >= 11 is 0. The van der Waals surface area contributed by atoms with E-state index in [2.05, 4.69) is 24.4 Å². The van der Waals surface area contributed by atoms with Crippen molar-refractivity contribution in [3.63, 3.8) is 0 Å². The highest BCUT2D eigenvalue weighted by atomic mass is 16.3. The van der Waals surface area contributed by atoms with E-state index >= 15 is 0 Å². The highest BCUT2D eigenvalue weighted by Crippen LogP contribution is 2.16. The number of allylic oxidation sites excluding steroid dienone is 2. The predicted octanol–water partition coefficient (Wildman–Crippen LogP) is 5.28. The van der Waals surface area contributed by atoms with Crippen LogP contribution in [0.15, 0.2) is 24.6 Å². The average Bonchev–Trinajstić information content (AvgIpc) is 3.00. The highest BCUT2D eigenvalue weighted by Gasteiger charge is 2.20. The van der Waals surface area contributed by atoms with E-state index in [1.54, 1.807) is 0 Å². The van der Waals surface area contributed by atoms with Crippen molar-refractivity contribution in [3.05, 3.63) is 24.6 Å². The fourth-order valence-electron chi connectivity index (χ4n) is 3.17. The minimum atomic E-state index is -0.399. The second-order valence-electron chi connectivity index (χ2n) is 6.72. The van der Waals surface area contributed by atoms with Crippen molar-refractivity contribution < 1.29 is 5.11 Å². The third-order valence-electron chi connectivity index (χ3n) is 4.58. The van der Waals surface area contributed by atoms with Crippen molar-refractivity contribution in [2.75, 3.05) is 0 Å². The summed E-state index contributed by atoms with van der Waals surface area (Å²) in [6.45, 7) is 4.02. The molecule has 1 aliphatic heterocycles. The third-order valence-corrected chi connectivity index (χ3v) is 4.58. The van der Waals surface area contributed by atoms with E-state index in [0.717, 1.165) is 6.42 Å². The Morgan fingerprint density at radius 1 is 1.00 bits per heavy atom. The van der Waals surface area contributed by atoms with Gasteiger partial charge in [-0.15, -0.1) is 0 Å². The Morgan fingerprint density at radius 2 is 1.61 bits per heavy atom. The lowest BCUT2D eigenvalue weighted by molar-refractivity contribution is 0.0254. The van der Waals surface area contributed by atoms with Crippen LogP contribution in [0.2, 0.25) is 0 Å². The van der Waals surface area contributed by atoms with Gasteiger partial charge in [0.2, 0.25) is 0 Å². The zero-order valence-corrected chi connectivity index (χ0v) is 15.3. The summed E-state index contributed by atoms with van der Waals surface area (Å²) < 4.78 is 0. The van der Waals surface area contributed by atoms with E-state index in [-0.39, 0.29) is 6.17 Å². The molecule has 1 heterocycles. The summed E-state index contributed by atoms with van der Waals surface area (Å²) in [6, 6.07) is 0. The van der Waals surface area contributed by atoms with Crippen LogP contribution in [-0.2, 0) is 0 Å². The smallest absolute Gasteiger partial charge is 0.125 e. The molecule has 0 spiro atoms. The van der Waals surface area contributed by atoms with Gasteiger partial charge < -0.3 is 15.3 Å². The lowest BCUT2D eigenvalue weighted by Crippen LogP contribution is -2.40. The van der Waals surface area contributed by atoms with E-state index in [1.807, 2.05) is 24.2 Å². The Balaban J connectivity index is 1.82. The van der Waals surface area contributed by atoms with Gasteiger partial charge in [0, 0.05) is 12.4 Å². The quantitative estimate of drug-likeness (QED) is 0.337. The molecule has 3 nitrogen and oxygen atoms in total. The maximum absolute atomic E-state index is 9.66. The van der Waals surface area contributed by atoms with Crippen molar-refractivity contribution in [1.29, 1.82) is 0 Å². The van der Waals surface area contributed by atoms with Crippen LogP contribution in [0.5, 0.6) is 0 Å². The zero-order chi connectivity index (χ0) is 16.8. The standard InChI is InChI=1S/C20H38N2O/c1-3-4-5-6-7-8-9-10-11-12-13-14-15-16-20-21-17-18-22(20)19(2)23/h4-5,17-21,23H,3,6-16H2,1-2H3/b5-4+. The molecule has 0 aliphatic carbocycles. The molecule has 3 heteroatoms. The molecule has 0 aromatic rings. The summed E-state index contributed by atoms with van der Waals surface area (Å²) in [5, 5.41) is 13.0. The van der Waals surface area contributed by atoms with E-state index < -0.39 is 6.23 Å². The number of nitrogens with zero attached hydrogens (tertiary/aromatic N) is 1. The molecule has 23 heavy (non-hydrogen) atoms. The predicted molar refractivity (Wildman–Crippen MR) is 99.8 cm³/mol. The Bertz CT molecular complexity index is 326. The topological polar surface area (TPSA) is 35.5 Å². The van der Waals surface area contributed by atoms with Crippen molar-refractivity contribution >= 4 is 0 Å². The molecule has 1 aliphatic rings. The number of aliphatic hydroxyl groups excluding tert-OH is 1. The second kappa shape index (κ2) is 13.5. The first kappa shape index (κ1) is 20.1. The molecule has 0 saturated heterocycles. The van der Waals surface area contributed by atoms with Gasteiger partial charge in [-0.1, -0.05) is 64.0 Å². The van der Waals surface area contributed by atoms with E-state index in [1.165, 1.54) is 70.6 Å². The molecule has 2 N–H and O–H groups in total. The second-order valence-corrected chi connectivity index (χ2v) is 6.72. The van der Waals surface area contributed by atoms with Gasteiger partial charge in [0.15, 0.2) is 0 Å². The number of aliphatic hydroxyl groups is 1. The van der Waals surface area contributed by atoms with Crippen LogP contribution >= 0.6 is 0 Å². The molecule has 2 unspecified atom stereocenters. The van der Waals surface area contributed by atoms with Gasteiger partial charge in [-0.05, 0) is 39.0 Å². The van der Waals surface area contributed by atoms with Gasteiger partial charge in [-0.3, -0.25) is 0 Å². The zero-order valence-electron chi connectivity index (χ0n) is 15.3. The van der Waals surface area contributed by atoms with Gasteiger partial charge in [0.25, 0.3) is 0 Å². The lowest BCUT2D eigenvalue weighted by atomic mass is 10.0. The molecule has 0 radical (unpaired) electrons. The molecule has 0 aromatic carbocycles. The Kier molecular flexibility index (Phi) is 11.8. The Labute approximate surface area is 143 Å². The molecule has 134 valence electrons. The Morgan fingerprint density at radius 3 is 2.22 bits per heavy atom. The van der Waals surface area contributed by atoms with Crippen molar-refractivity contribution in [3.8, 4) is 0 Å². The normalized spacial score (nSPS) is 18.7. The number of hydrogen-bond acceptors (Lipinski definition) is 3. The fourth-order valence-corrected chi connectivity index (χ4v) is 3.17. The third kappa shape index (κ3) is 9.70. The van der Waals surface area contributed by atoms with Crippen LogP contribution in [0.1, 0.15) is 90.9 Å². The summed E-state index contributed by atoms with van der Waals surface area (Å²) in [5.74, 6) is 0. The minimum Gasteiger partial charge on any atom is -0.374 e. The monoisotopic (exact) mass is 322 g/mol. The summed E-state index contributed by atoms with van der Waals surface area (Å²) in [4.78, 5) is 2.00.